The van der Waals surface area contributed by atoms with Crippen molar-refractivity contribution in [3.8, 4) is 0 Å². The molecule has 19 heavy (non-hydrogen) atoms. The number of hydrogen-bond donors (Lipinski definition) is 0. The van der Waals surface area contributed by atoms with Crippen LogP contribution in [0.15, 0.2) is 24.3 Å². The Hall–Kier alpha value is -0.129. The third-order valence-corrected chi connectivity index (χ3v) is 27.7. The van der Waals surface area contributed by atoms with Gasteiger partial charge in [-0.1, -0.05) is 99.7 Å². The van der Waals surface area contributed by atoms with E-state index in [1.807, 2.05) is 0 Å². The molecule has 0 spiro atoms. The Morgan fingerprint density at radius 1 is 0.895 bits per heavy atom. The predicted molar refractivity (Wildman–Crippen MR) is 97.9 cm³/mol. The van der Waals surface area contributed by atoms with Crippen LogP contribution in [0.1, 0.15) is 20.8 Å². The molecule has 1 rings (SSSR count). The van der Waals surface area contributed by atoms with Gasteiger partial charge in [-0.25, -0.2) is 0 Å². The zero-order valence-electron chi connectivity index (χ0n) is 13.9. The van der Waals surface area contributed by atoms with E-state index in [2.05, 4.69) is 71.2 Å². The Balaban J connectivity index is 3.41. The fourth-order valence-electron chi connectivity index (χ4n) is 3.83. The normalized spacial score (nSPS) is 13.1. The summed E-state index contributed by atoms with van der Waals surface area (Å²) < 4.78 is 0. The first-order chi connectivity index (χ1) is 8.86. The summed E-state index contributed by atoms with van der Waals surface area (Å²) in [7, 11) is -2.76. The summed E-state index contributed by atoms with van der Waals surface area (Å²) in [6.45, 7) is 17.6. The first-order valence-corrected chi connectivity index (χ1v) is 16.9. The Bertz CT molecular complexity index is 398. The molecule has 1 aromatic carbocycles. The molecule has 107 valence electrons. The van der Waals surface area contributed by atoms with Crippen LogP contribution in [-0.2, 0) is 0 Å². The maximum atomic E-state index is 2.67. The van der Waals surface area contributed by atoms with Crippen molar-refractivity contribution in [2.45, 2.75) is 65.1 Å². The molecule has 0 aromatic heterocycles. The van der Waals surface area contributed by atoms with Crippen LogP contribution in [0.3, 0.4) is 0 Å². The molecule has 0 saturated heterocycles. The Labute approximate surface area is 124 Å². The van der Waals surface area contributed by atoms with Gasteiger partial charge in [0.05, 0.1) is 24.0 Å². The first-order valence-electron chi connectivity index (χ1n) is 7.76. The second-order valence-corrected chi connectivity index (χ2v) is 24.5. The van der Waals surface area contributed by atoms with E-state index in [1.165, 1.54) is 18.1 Å². The second-order valence-electron chi connectivity index (χ2n) is 6.51. The van der Waals surface area contributed by atoms with Crippen LogP contribution in [0.2, 0.25) is 44.3 Å². The molecule has 0 aliphatic heterocycles. The highest BCUT2D eigenvalue weighted by Gasteiger charge is 2.46. The zero-order chi connectivity index (χ0) is 14.7. The summed E-state index contributed by atoms with van der Waals surface area (Å²) in [5.74, 6) is 0. The number of benzene rings is 1. The maximum absolute atomic E-state index is 2.67. The molecular formula is C16H31Si3. The van der Waals surface area contributed by atoms with E-state index in [9.17, 15) is 0 Å². The van der Waals surface area contributed by atoms with Crippen LogP contribution < -0.4 is 10.4 Å². The lowest BCUT2D eigenvalue weighted by molar-refractivity contribution is 1.21. The van der Waals surface area contributed by atoms with Gasteiger partial charge in [0.15, 0.2) is 0 Å². The topological polar surface area (TPSA) is 0 Å². The molecule has 0 unspecified atom stereocenters. The van der Waals surface area contributed by atoms with Gasteiger partial charge in [-0.15, -0.1) is 0 Å². The van der Waals surface area contributed by atoms with E-state index in [-0.39, 0.29) is 8.80 Å². The lowest BCUT2D eigenvalue weighted by atomic mass is 10.4. The summed E-state index contributed by atoms with van der Waals surface area (Å²) in [5, 5.41) is 3.52. The molecule has 0 atom stereocenters. The lowest BCUT2D eigenvalue weighted by Gasteiger charge is -2.44. The van der Waals surface area contributed by atoms with Crippen molar-refractivity contribution < 1.29 is 0 Å². The largest absolute Gasteiger partial charge is 0.0789 e. The van der Waals surface area contributed by atoms with E-state index < -0.39 is 15.2 Å². The molecule has 1 aromatic rings. The van der Waals surface area contributed by atoms with Crippen LogP contribution in [0.25, 0.3) is 0 Å². The molecule has 0 aliphatic carbocycles. The smallest absolute Gasteiger partial charge is 0.0680 e. The highest BCUT2D eigenvalue weighted by molar-refractivity contribution is 7.46. The summed E-state index contributed by atoms with van der Waals surface area (Å²) in [5.41, 5.74) is 0. The molecule has 0 N–H and O–H groups in total. The second kappa shape index (κ2) is 6.55. The molecule has 0 bridgehead atoms. The monoisotopic (exact) mass is 307 g/mol. The van der Waals surface area contributed by atoms with Gasteiger partial charge in [-0.3, -0.25) is 0 Å². The third kappa shape index (κ3) is 2.98. The van der Waals surface area contributed by atoms with Crippen molar-refractivity contribution in [1.82, 2.24) is 0 Å². The Kier molecular flexibility index (Phi) is 5.83. The van der Waals surface area contributed by atoms with Crippen molar-refractivity contribution in [2.24, 2.45) is 0 Å². The van der Waals surface area contributed by atoms with Crippen LogP contribution in [-0.4, -0.2) is 24.0 Å². The van der Waals surface area contributed by atoms with E-state index in [0.717, 1.165) is 0 Å². The van der Waals surface area contributed by atoms with Gasteiger partial charge in [0.1, 0.15) is 0 Å². The molecule has 3 heteroatoms. The van der Waals surface area contributed by atoms with E-state index >= 15 is 0 Å². The fraction of sp³-hybridized carbons (Fsp3) is 0.625. The summed E-state index contributed by atoms with van der Waals surface area (Å²) in [6, 6.07) is 13.8. The minimum Gasteiger partial charge on any atom is -0.0680 e. The fourth-order valence-corrected chi connectivity index (χ4v) is 23.3. The Morgan fingerprint density at radius 2 is 1.37 bits per heavy atom. The average Bonchev–Trinajstić information content (AvgIpc) is 2.41. The van der Waals surface area contributed by atoms with E-state index in [1.54, 1.807) is 10.4 Å². The minimum atomic E-state index is -1.30. The van der Waals surface area contributed by atoms with Crippen LogP contribution in [0, 0.1) is 0 Å². The SMILES string of the molecule is CC[Si](CC)(CC)[Si](C)(C)c1ccccc1[Si](C)C. The molecule has 1 radical (unpaired) electrons. The molecule has 0 aliphatic rings. The van der Waals surface area contributed by atoms with Gasteiger partial charge in [0, 0.05) is 0 Å². The highest BCUT2D eigenvalue weighted by Crippen LogP contribution is 2.30. The quantitative estimate of drug-likeness (QED) is 0.693. The van der Waals surface area contributed by atoms with Crippen molar-refractivity contribution in [3.63, 3.8) is 0 Å². The molecule has 0 amide bonds. The van der Waals surface area contributed by atoms with Crippen LogP contribution in [0.5, 0.6) is 0 Å². The van der Waals surface area contributed by atoms with Crippen molar-refractivity contribution in [2.75, 3.05) is 0 Å². The van der Waals surface area contributed by atoms with E-state index in [4.69, 9.17) is 0 Å². The highest BCUT2D eigenvalue weighted by atomic mass is 29.3. The minimum absolute atomic E-state index is 0.351. The molecule has 0 nitrogen and oxygen atoms in total. The van der Waals surface area contributed by atoms with Crippen LogP contribution in [0.4, 0.5) is 0 Å². The zero-order valence-corrected chi connectivity index (χ0v) is 16.9. The molecule has 0 saturated carbocycles. The standard InChI is InChI=1S/C16H31Si3/c1-8-19(9-2,10-3)18(6,7)16-14-12-11-13-15(16)17(4)5/h11-14H,8-10H2,1-7H3. The van der Waals surface area contributed by atoms with Crippen LogP contribution >= 0.6 is 0 Å². The van der Waals surface area contributed by atoms with Gasteiger partial charge in [-0.2, -0.15) is 0 Å². The average molecular weight is 308 g/mol. The molecule has 0 fully saturated rings. The summed E-state index contributed by atoms with van der Waals surface area (Å²) in [4.78, 5) is 0. The predicted octanol–water partition coefficient (Wildman–Crippen LogP) is 4.15. The third-order valence-electron chi connectivity index (χ3n) is 5.50. The Morgan fingerprint density at radius 3 is 1.79 bits per heavy atom. The van der Waals surface area contributed by atoms with Crippen molar-refractivity contribution >= 4 is 34.4 Å². The molecule has 0 heterocycles. The van der Waals surface area contributed by atoms with Crippen molar-refractivity contribution in [3.05, 3.63) is 24.3 Å². The summed E-state index contributed by atoms with van der Waals surface area (Å²) >= 11 is 0. The van der Waals surface area contributed by atoms with Gasteiger partial charge < -0.3 is 0 Å². The maximum Gasteiger partial charge on any atom is 0.0789 e. The first kappa shape index (κ1) is 16.9. The van der Waals surface area contributed by atoms with E-state index in [0.29, 0.717) is 0 Å². The van der Waals surface area contributed by atoms with Gasteiger partial charge >= 0.3 is 0 Å². The van der Waals surface area contributed by atoms with Gasteiger partial charge in [0.25, 0.3) is 0 Å². The molecular weight excluding hydrogens is 276 g/mol. The number of rotatable bonds is 6. The van der Waals surface area contributed by atoms with Gasteiger partial charge in [-0.05, 0) is 0 Å². The number of hydrogen-bond acceptors (Lipinski definition) is 0. The van der Waals surface area contributed by atoms with Gasteiger partial charge in [0.2, 0.25) is 0 Å². The summed E-state index contributed by atoms with van der Waals surface area (Å²) in [6.07, 6.45) is 0. The van der Waals surface area contributed by atoms with Crippen molar-refractivity contribution in [1.29, 1.82) is 0 Å². The lowest BCUT2D eigenvalue weighted by Crippen LogP contribution is -2.69.